The van der Waals surface area contributed by atoms with Gasteiger partial charge in [0.05, 0.1) is 4.92 Å². The number of benzene rings is 1. The normalized spacial score (nSPS) is 16.9. The first-order valence-corrected chi connectivity index (χ1v) is 6.50. The van der Waals surface area contributed by atoms with Gasteiger partial charge in [-0.25, -0.2) is 0 Å². The number of alkyl halides is 3. The molecule has 0 atom stereocenters. The van der Waals surface area contributed by atoms with Crippen LogP contribution in [0.2, 0.25) is 0 Å². The zero-order chi connectivity index (χ0) is 14.8. The fraction of sp³-hybridized carbons (Fsp3) is 0.538. The number of hydrogen-bond donors (Lipinski definition) is 0. The summed E-state index contributed by atoms with van der Waals surface area (Å²) in [4.78, 5) is 11.6. The van der Waals surface area contributed by atoms with Crippen molar-refractivity contribution >= 4 is 11.4 Å². The highest BCUT2D eigenvalue weighted by Gasteiger charge is 2.38. The summed E-state index contributed by atoms with van der Waals surface area (Å²) in [6.45, 7) is 1.38. The van der Waals surface area contributed by atoms with Gasteiger partial charge in [-0.15, -0.1) is 0 Å². The van der Waals surface area contributed by atoms with E-state index in [2.05, 4.69) is 0 Å². The molecular weight excluding hydrogens is 273 g/mol. The molecule has 2 rings (SSSR count). The molecule has 0 unspecified atom stereocenters. The van der Waals surface area contributed by atoms with E-state index in [4.69, 9.17) is 0 Å². The lowest BCUT2D eigenvalue weighted by molar-refractivity contribution is -0.388. The van der Waals surface area contributed by atoms with Gasteiger partial charge in [-0.05, 0) is 25.0 Å². The summed E-state index contributed by atoms with van der Waals surface area (Å²) in [5.74, 6) is 0. The fourth-order valence-corrected chi connectivity index (χ4v) is 2.44. The standard InChI is InChI=1S/C13H15F3N2O2/c14-13(15,16)11-9-10(5-6-12(11)18(19)20)17-7-3-1-2-4-8-17/h5-6,9H,1-4,7-8H2. The lowest BCUT2D eigenvalue weighted by atomic mass is 10.1. The monoisotopic (exact) mass is 288 g/mol. The van der Waals surface area contributed by atoms with Gasteiger partial charge in [0.1, 0.15) is 5.56 Å². The Morgan fingerprint density at radius 1 is 1.10 bits per heavy atom. The number of anilines is 1. The number of nitro benzene ring substituents is 1. The molecular formula is C13H15F3N2O2. The fourth-order valence-electron chi connectivity index (χ4n) is 2.44. The third-order valence-electron chi connectivity index (χ3n) is 3.45. The summed E-state index contributed by atoms with van der Waals surface area (Å²) >= 11 is 0. The molecule has 0 radical (unpaired) electrons. The van der Waals surface area contributed by atoms with Gasteiger partial charge in [-0.3, -0.25) is 10.1 Å². The summed E-state index contributed by atoms with van der Waals surface area (Å²) in [6.07, 6.45) is -0.730. The van der Waals surface area contributed by atoms with E-state index < -0.39 is 22.4 Å². The highest BCUT2D eigenvalue weighted by molar-refractivity contribution is 5.56. The Morgan fingerprint density at radius 3 is 2.20 bits per heavy atom. The van der Waals surface area contributed by atoms with Crippen LogP contribution in [0.4, 0.5) is 24.5 Å². The zero-order valence-corrected chi connectivity index (χ0v) is 10.8. The van der Waals surface area contributed by atoms with Crippen LogP contribution in [0.15, 0.2) is 18.2 Å². The zero-order valence-electron chi connectivity index (χ0n) is 10.8. The highest BCUT2D eigenvalue weighted by atomic mass is 19.4. The van der Waals surface area contributed by atoms with E-state index in [1.54, 1.807) is 0 Å². The molecule has 1 fully saturated rings. The second kappa shape index (κ2) is 5.68. The molecule has 0 aliphatic carbocycles. The molecule has 7 heteroatoms. The first-order chi connectivity index (χ1) is 9.39. The molecule has 1 heterocycles. The smallest absolute Gasteiger partial charge is 0.372 e. The Bertz CT molecular complexity index is 495. The van der Waals surface area contributed by atoms with Crippen molar-refractivity contribution in [1.29, 1.82) is 0 Å². The minimum atomic E-state index is -4.72. The topological polar surface area (TPSA) is 46.4 Å². The summed E-state index contributed by atoms with van der Waals surface area (Å²) in [5.41, 5.74) is -1.66. The summed E-state index contributed by atoms with van der Waals surface area (Å²) in [7, 11) is 0. The van der Waals surface area contributed by atoms with E-state index in [1.165, 1.54) is 6.07 Å². The molecule has 1 aromatic rings. The number of nitrogens with zero attached hydrogens (tertiary/aromatic N) is 2. The second-order valence-electron chi connectivity index (χ2n) is 4.86. The average Bonchev–Trinajstić information content (AvgIpc) is 2.65. The van der Waals surface area contributed by atoms with E-state index in [0.29, 0.717) is 18.8 Å². The molecule has 1 aliphatic heterocycles. The molecule has 1 aliphatic rings. The lowest BCUT2D eigenvalue weighted by Crippen LogP contribution is -2.24. The number of hydrogen-bond acceptors (Lipinski definition) is 3. The predicted octanol–water partition coefficient (Wildman–Crippen LogP) is 3.99. The molecule has 4 nitrogen and oxygen atoms in total. The Morgan fingerprint density at radius 2 is 1.70 bits per heavy atom. The van der Waals surface area contributed by atoms with Crippen LogP contribution < -0.4 is 4.90 Å². The van der Waals surface area contributed by atoms with Crippen LogP contribution in [0, 0.1) is 10.1 Å². The molecule has 0 N–H and O–H groups in total. The molecule has 110 valence electrons. The molecule has 0 saturated carbocycles. The van der Waals surface area contributed by atoms with Crippen molar-refractivity contribution < 1.29 is 18.1 Å². The largest absolute Gasteiger partial charge is 0.423 e. The predicted molar refractivity (Wildman–Crippen MR) is 68.8 cm³/mol. The number of halogens is 3. The van der Waals surface area contributed by atoms with E-state index >= 15 is 0 Å². The molecule has 0 aromatic heterocycles. The van der Waals surface area contributed by atoms with Crippen molar-refractivity contribution in [3.63, 3.8) is 0 Å². The second-order valence-corrected chi connectivity index (χ2v) is 4.86. The molecule has 1 aromatic carbocycles. The van der Waals surface area contributed by atoms with Crippen LogP contribution in [0.3, 0.4) is 0 Å². The summed E-state index contributed by atoms with van der Waals surface area (Å²) < 4.78 is 38.7. The summed E-state index contributed by atoms with van der Waals surface area (Å²) in [6, 6.07) is 3.24. The summed E-state index contributed by atoms with van der Waals surface area (Å²) in [5, 5.41) is 10.7. The van der Waals surface area contributed by atoms with Crippen LogP contribution in [0.5, 0.6) is 0 Å². The maximum Gasteiger partial charge on any atom is 0.423 e. The van der Waals surface area contributed by atoms with Crippen molar-refractivity contribution in [3.05, 3.63) is 33.9 Å². The third-order valence-corrected chi connectivity index (χ3v) is 3.45. The van der Waals surface area contributed by atoms with Gasteiger partial charge in [-0.1, -0.05) is 12.8 Å². The third kappa shape index (κ3) is 3.20. The van der Waals surface area contributed by atoms with Crippen LogP contribution in [0.25, 0.3) is 0 Å². The first kappa shape index (κ1) is 14.6. The molecule has 0 spiro atoms. The SMILES string of the molecule is O=[N+]([O-])c1ccc(N2CCCCCC2)cc1C(F)(F)F. The molecule has 0 bridgehead atoms. The van der Waals surface area contributed by atoms with Crippen molar-refractivity contribution in [2.75, 3.05) is 18.0 Å². The first-order valence-electron chi connectivity index (χ1n) is 6.50. The molecule has 20 heavy (non-hydrogen) atoms. The van der Waals surface area contributed by atoms with Gasteiger partial charge < -0.3 is 4.90 Å². The van der Waals surface area contributed by atoms with Crippen molar-refractivity contribution in [2.45, 2.75) is 31.9 Å². The van der Waals surface area contributed by atoms with Crippen molar-refractivity contribution in [2.24, 2.45) is 0 Å². The van der Waals surface area contributed by atoms with Crippen LogP contribution >= 0.6 is 0 Å². The van der Waals surface area contributed by atoms with Gasteiger partial charge >= 0.3 is 6.18 Å². The Hall–Kier alpha value is -1.79. The van der Waals surface area contributed by atoms with Crippen LogP contribution in [-0.4, -0.2) is 18.0 Å². The maximum atomic E-state index is 12.9. The Balaban J connectivity index is 2.38. The van der Waals surface area contributed by atoms with Gasteiger partial charge in [-0.2, -0.15) is 13.2 Å². The number of rotatable bonds is 2. The van der Waals surface area contributed by atoms with Gasteiger partial charge in [0.2, 0.25) is 0 Å². The van der Waals surface area contributed by atoms with E-state index in [9.17, 15) is 23.3 Å². The maximum absolute atomic E-state index is 12.9. The number of nitro groups is 1. The lowest BCUT2D eigenvalue weighted by Gasteiger charge is -2.23. The minimum absolute atomic E-state index is 0.407. The minimum Gasteiger partial charge on any atom is -0.372 e. The average molecular weight is 288 g/mol. The molecule has 1 saturated heterocycles. The highest BCUT2D eigenvalue weighted by Crippen LogP contribution is 2.38. The van der Waals surface area contributed by atoms with Gasteiger partial charge in [0, 0.05) is 24.8 Å². The van der Waals surface area contributed by atoms with E-state index in [0.717, 1.165) is 37.8 Å². The van der Waals surface area contributed by atoms with Crippen molar-refractivity contribution in [3.8, 4) is 0 Å². The Labute approximate surface area is 114 Å². The van der Waals surface area contributed by atoms with Gasteiger partial charge in [0.25, 0.3) is 5.69 Å². The quantitative estimate of drug-likeness (QED) is 0.610. The van der Waals surface area contributed by atoms with Gasteiger partial charge in [0.15, 0.2) is 0 Å². The van der Waals surface area contributed by atoms with Crippen LogP contribution in [0.1, 0.15) is 31.2 Å². The van der Waals surface area contributed by atoms with E-state index in [-0.39, 0.29) is 0 Å². The Kier molecular flexibility index (Phi) is 4.15. The van der Waals surface area contributed by atoms with Crippen molar-refractivity contribution in [1.82, 2.24) is 0 Å². The van der Waals surface area contributed by atoms with E-state index in [1.807, 2.05) is 4.90 Å². The molecule has 0 amide bonds. The van der Waals surface area contributed by atoms with Crippen LogP contribution in [-0.2, 0) is 6.18 Å².